The van der Waals surface area contributed by atoms with Crippen molar-refractivity contribution in [3.63, 3.8) is 0 Å². The zero-order valence-electron chi connectivity index (χ0n) is 11.4. The average Bonchev–Trinajstić information content (AvgIpc) is 2.41. The third-order valence-corrected chi connectivity index (χ3v) is 3.62. The maximum Gasteiger partial charge on any atom is 0.315 e. The van der Waals surface area contributed by atoms with Gasteiger partial charge in [-0.05, 0) is 49.8 Å². The molecule has 1 aliphatic rings. The standard InChI is InChI=1S/C15H21FN2O2/c16-12-3-1-2-11(10-12)8-9-17-15(20)18-13-4-6-14(19)7-5-13/h1-3,10,13-14,19H,4-9H2,(H2,17,18,20). The van der Waals surface area contributed by atoms with Crippen molar-refractivity contribution < 1.29 is 14.3 Å². The quantitative estimate of drug-likeness (QED) is 0.789. The van der Waals surface area contributed by atoms with Gasteiger partial charge in [-0.25, -0.2) is 9.18 Å². The van der Waals surface area contributed by atoms with E-state index in [1.54, 1.807) is 6.07 Å². The molecule has 0 spiro atoms. The molecule has 0 heterocycles. The average molecular weight is 280 g/mol. The van der Waals surface area contributed by atoms with E-state index in [2.05, 4.69) is 10.6 Å². The van der Waals surface area contributed by atoms with Crippen molar-refractivity contribution in [1.82, 2.24) is 10.6 Å². The highest BCUT2D eigenvalue weighted by molar-refractivity contribution is 5.74. The van der Waals surface area contributed by atoms with Crippen molar-refractivity contribution in [2.45, 2.75) is 44.2 Å². The number of amides is 2. The van der Waals surface area contributed by atoms with Crippen LogP contribution in [0.15, 0.2) is 24.3 Å². The fraction of sp³-hybridized carbons (Fsp3) is 0.533. The number of carbonyl (C=O) groups excluding carboxylic acids is 1. The Kier molecular flexibility index (Phi) is 5.35. The van der Waals surface area contributed by atoms with Gasteiger partial charge in [0.05, 0.1) is 6.10 Å². The fourth-order valence-corrected chi connectivity index (χ4v) is 2.47. The molecular formula is C15H21FN2O2. The monoisotopic (exact) mass is 280 g/mol. The van der Waals surface area contributed by atoms with Crippen LogP contribution in [0.25, 0.3) is 0 Å². The Morgan fingerprint density at radius 2 is 2.05 bits per heavy atom. The molecule has 0 bridgehead atoms. The van der Waals surface area contributed by atoms with Crippen molar-refractivity contribution in [2.24, 2.45) is 0 Å². The second-order valence-electron chi connectivity index (χ2n) is 5.29. The van der Waals surface area contributed by atoms with E-state index in [1.807, 2.05) is 6.07 Å². The molecule has 1 fully saturated rings. The third kappa shape index (κ3) is 4.81. The van der Waals surface area contributed by atoms with Gasteiger partial charge in [-0.2, -0.15) is 0 Å². The van der Waals surface area contributed by atoms with Crippen LogP contribution in [0.3, 0.4) is 0 Å². The summed E-state index contributed by atoms with van der Waals surface area (Å²) in [6.45, 7) is 0.477. The molecule has 0 aromatic heterocycles. The van der Waals surface area contributed by atoms with Crippen LogP contribution in [-0.2, 0) is 6.42 Å². The Hall–Kier alpha value is -1.62. The summed E-state index contributed by atoms with van der Waals surface area (Å²) in [5.41, 5.74) is 0.867. The van der Waals surface area contributed by atoms with Crippen LogP contribution in [0.4, 0.5) is 9.18 Å². The van der Waals surface area contributed by atoms with Crippen LogP contribution in [0.2, 0.25) is 0 Å². The van der Waals surface area contributed by atoms with E-state index < -0.39 is 0 Å². The molecule has 1 aliphatic carbocycles. The van der Waals surface area contributed by atoms with Crippen LogP contribution in [0, 0.1) is 5.82 Å². The van der Waals surface area contributed by atoms with E-state index in [1.165, 1.54) is 12.1 Å². The Morgan fingerprint density at radius 3 is 2.75 bits per heavy atom. The van der Waals surface area contributed by atoms with Crippen molar-refractivity contribution in [2.75, 3.05) is 6.54 Å². The number of benzene rings is 1. The first-order chi connectivity index (χ1) is 9.63. The highest BCUT2D eigenvalue weighted by Gasteiger charge is 2.20. The van der Waals surface area contributed by atoms with Crippen molar-refractivity contribution in [3.8, 4) is 0 Å². The molecule has 1 aromatic rings. The fourth-order valence-electron chi connectivity index (χ4n) is 2.47. The summed E-state index contributed by atoms with van der Waals surface area (Å²) in [5, 5.41) is 15.1. The summed E-state index contributed by atoms with van der Waals surface area (Å²) in [6.07, 6.45) is 3.51. The Balaban J connectivity index is 1.65. The summed E-state index contributed by atoms with van der Waals surface area (Å²) < 4.78 is 13.0. The molecule has 20 heavy (non-hydrogen) atoms. The van der Waals surface area contributed by atoms with Gasteiger partial charge in [0.1, 0.15) is 5.82 Å². The summed E-state index contributed by atoms with van der Waals surface area (Å²) in [5.74, 6) is -0.257. The second kappa shape index (κ2) is 7.24. The molecule has 0 atom stereocenters. The minimum atomic E-state index is -0.257. The first kappa shape index (κ1) is 14.8. The van der Waals surface area contributed by atoms with Gasteiger partial charge in [-0.3, -0.25) is 0 Å². The van der Waals surface area contributed by atoms with E-state index in [0.717, 1.165) is 31.2 Å². The number of hydrogen-bond acceptors (Lipinski definition) is 2. The normalized spacial score (nSPS) is 22.3. The first-order valence-corrected chi connectivity index (χ1v) is 7.10. The number of nitrogens with one attached hydrogen (secondary N) is 2. The van der Waals surface area contributed by atoms with E-state index in [4.69, 9.17) is 0 Å². The highest BCUT2D eigenvalue weighted by Crippen LogP contribution is 2.18. The molecule has 3 N–H and O–H groups in total. The van der Waals surface area contributed by atoms with Crippen LogP contribution >= 0.6 is 0 Å². The van der Waals surface area contributed by atoms with Gasteiger partial charge in [0, 0.05) is 12.6 Å². The van der Waals surface area contributed by atoms with Crippen LogP contribution in [0.1, 0.15) is 31.2 Å². The molecule has 0 radical (unpaired) electrons. The molecule has 5 heteroatoms. The lowest BCUT2D eigenvalue weighted by molar-refractivity contribution is 0.117. The molecule has 0 aliphatic heterocycles. The summed E-state index contributed by atoms with van der Waals surface area (Å²) in [4.78, 5) is 11.7. The predicted octanol–water partition coefficient (Wildman–Crippen LogP) is 1.97. The largest absolute Gasteiger partial charge is 0.393 e. The SMILES string of the molecule is O=C(NCCc1cccc(F)c1)NC1CCC(O)CC1. The van der Waals surface area contributed by atoms with Gasteiger partial charge >= 0.3 is 6.03 Å². The zero-order chi connectivity index (χ0) is 14.4. The molecule has 0 unspecified atom stereocenters. The summed E-state index contributed by atoms with van der Waals surface area (Å²) in [7, 11) is 0. The third-order valence-electron chi connectivity index (χ3n) is 3.62. The van der Waals surface area contributed by atoms with Crippen LogP contribution in [-0.4, -0.2) is 29.8 Å². The van der Waals surface area contributed by atoms with E-state index in [0.29, 0.717) is 13.0 Å². The molecule has 2 rings (SSSR count). The lowest BCUT2D eigenvalue weighted by Crippen LogP contribution is -2.44. The number of halogens is 1. The first-order valence-electron chi connectivity index (χ1n) is 7.10. The predicted molar refractivity (Wildman–Crippen MR) is 74.9 cm³/mol. The van der Waals surface area contributed by atoms with Gasteiger partial charge in [-0.1, -0.05) is 12.1 Å². The van der Waals surface area contributed by atoms with Crippen molar-refractivity contribution in [1.29, 1.82) is 0 Å². The zero-order valence-corrected chi connectivity index (χ0v) is 11.4. The van der Waals surface area contributed by atoms with Gasteiger partial charge in [-0.15, -0.1) is 0 Å². The molecule has 110 valence electrons. The number of hydrogen-bond donors (Lipinski definition) is 3. The lowest BCUT2D eigenvalue weighted by Gasteiger charge is -2.26. The minimum Gasteiger partial charge on any atom is -0.393 e. The van der Waals surface area contributed by atoms with E-state index in [-0.39, 0.29) is 24.0 Å². The van der Waals surface area contributed by atoms with Crippen molar-refractivity contribution >= 4 is 6.03 Å². The van der Waals surface area contributed by atoms with Crippen LogP contribution < -0.4 is 10.6 Å². The van der Waals surface area contributed by atoms with E-state index >= 15 is 0 Å². The molecule has 0 saturated heterocycles. The smallest absolute Gasteiger partial charge is 0.315 e. The minimum absolute atomic E-state index is 0.146. The molecule has 1 saturated carbocycles. The number of rotatable bonds is 4. The Labute approximate surface area is 118 Å². The maximum absolute atomic E-state index is 13.0. The van der Waals surface area contributed by atoms with Gasteiger partial charge in [0.25, 0.3) is 0 Å². The molecule has 4 nitrogen and oxygen atoms in total. The number of urea groups is 1. The van der Waals surface area contributed by atoms with Gasteiger partial charge in [0.2, 0.25) is 0 Å². The number of aliphatic hydroxyl groups excluding tert-OH is 1. The number of aliphatic hydroxyl groups is 1. The van der Waals surface area contributed by atoms with Gasteiger partial charge in [0.15, 0.2) is 0 Å². The topological polar surface area (TPSA) is 61.4 Å². The lowest BCUT2D eigenvalue weighted by atomic mass is 9.93. The molecular weight excluding hydrogens is 259 g/mol. The van der Waals surface area contributed by atoms with E-state index in [9.17, 15) is 14.3 Å². The number of carbonyl (C=O) groups is 1. The summed E-state index contributed by atoms with van der Waals surface area (Å²) in [6, 6.07) is 6.34. The Bertz CT molecular complexity index is 445. The molecule has 1 aromatic carbocycles. The van der Waals surface area contributed by atoms with Crippen LogP contribution in [0.5, 0.6) is 0 Å². The van der Waals surface area contributed by atoms with Gasteiger partial charge < -0.3 is 15.7 Å². The highest BCUT2D eigenvalue weighted by atomic mass is 19.1. The van der Waals surface area contributed by atoms with Crippen molar-refractivity contribution in [3.05, 3.63) is 35.6 Å². The molecule has 2 amide bonds. The second-order valence-corrected chi connectivity index (χ2v) is 5.29. The maximum atomic E-state index is 13.0. The Morgan fingerprint density at radius 1 is 1.30 bits per heavy atom. The summed E-state index contributed by atoms with van der Waals surface area (Å²) >= 11 is 0.